The van der Waals surface area contributed by atoms with E-state index in [1.165, 1.54) is 18.5 Å². The number of piperidine rings is 1. The number of carboxylic acid groups (broad SMARTS) is 1. The number of nitrogens with one attached hydrogen (secondary N) is 2. The van der Waals surface area contributed by atoms with E-state index in [2.05, 4.69) is 44.5 Å². The van der Waals surface area contributed by atoms with Gasteiger partial charge in [-0.3, -0.25) is 14.7 Å². The molecule has 2 bridgehead atoms. The fraction of sp³-hybridized carbons (Fsp3) is 0.571. The third-order valence-corrected chi connectivity index (χ3v) is 7.51. The predicted octanol–water partition coefficient (Wildman–Crippen LogP) is 2.17. The monoisotopic (exact) mass is 431 g/mol. The van der Waals surface area contributed by atoms with Gasteiger partial charge in [0.2, 0.25) is 0 Å². The van der Waals surface area contributed by atoms with E-state index in [-0.39, 0.29) is 18.4 Å². The first kappa shape index (κ1) is 21.0. The molecule has 3 aliphatic heterocycles. The minimum atomic E-state index is -0.250. The number of carbonyl (C=O) groups is 2. The maximum Gasteiger partial charge on any atom is 0.290 e. The number of aromatic amines is 1. The van der Waals surface area contributed by atoms with Crippen LogP contribution in [0.1, 0.15) is 36.2 Å². The molecule has 3 saturated heterocycles. The summed E-state index contributed by atoms with van der Waals surface area (Å²) in [5, 5.41) is 18.5. The van der Waals surface area contributed by atoms with Gasteiger partial charge in [-0.1, -0.05) is 0 Å². The van der Waals surface area contributed by atoms with Crippen LogP contribution in [0, 0.1) is 0 Å². The largest absolute Gasteiger partial charge is 0.483 e. The number of anilines is 1. The minimum Gasteiger partial charge on any atom is -0.483 e. The van der Waals surface area contributed by atoms with Crippen LogP contribution < -0.4 is 10.2 Å². The molecule has 2 unspecified atom stereocenters. The minimum absolute atomic E-state index is 0.0402. The summed E-state index contributed by atoms with van der Waals surface area (Å²) in [6, 6.07) is 7.81. The third-order valence-electron chi connectivity index (χ3n) is 6.57. The van der Waals surface area contributed by atoms with Gasteiger partial charge >= 0.3 is 0 Å². The highest BCUT2D eigenvalue weighted by Crippen LogP contribution is 2.34. The van der Waals surface area contributed by atoms with E-state index >= 15 is 0 Å². The second-order valence-corrected chi connectivity index (χ2v) is 9.42. The Balaban J connectivity index is 0.000000687. The molecule has 0 saturated carbocycles. The molecule has 2 atom stereocenters. The fourth-order valence-electron chi connectivity index (χ4n) is 4.98. The number of hydrogen-bond acceptors (Lipinski definition) is 6. The van der Waals surface area contributed by atoms with Gasteiger partial charge in [-0.05, 0) is 50.9 Å². The zero-order chi connectivity index (χ0) is 21.1. The second kappa shape index (κ2) is 9.26. The van der Waals surface area contributed by atoms with Crippen LogP contribution >= 0.6 is 11.8 Å². The van der Waals surface area contributed by atoms with Crippen molar-refractivity contribution < 1.29 is 14.7 Å². The van der Waals surface area contributed by atoms with Crippen molar-refractivity contribution in [2.45, 2.75) is 43.8 Å². The van der Waals surface area contributed by atoms with E-state index in [1.807, 2.05) is 17.8 Å². The Kier molecular flexibility index (Phi) is 6.48. The highest BCUT2D eigenvalue weighted by atomic mass is 32.2. The molecule has 0 spiro atoms. The maximum atomic E-state index is 13.0. The lowest BCUT2D eigenvalue weighted by molar-refractivity contribution is -0.122. The lowest BCUT2D eigenvalue weighted by Crippen LogP contribution is -2.48. The molecule has 4 heterocycles. The van der Waals surface area contributed by atoms with Gasteiger partial charge in [-0.15, -0.1) is 0 Å². The molecule has 3 aliphatic rings. The van der Waals surface area contributed by atoms with Gasteiger partial charge in [0.15, 0.2) is 5.69 Å². The first-order valence-electron chi connectivity index (χ1n) is 10.5. The van der Waals surface area contributed by atoms with E-state index in [9.17, 15) is 4.79 Å². The average Bonchev–Trinajstić information content (AvgIpc) is 3.25. The molecule has 30 heavy (non-hydrogen) atoms. The van der Waals surface area contributed by atoms with Crippen molar-refractivity contribution in [3.8, 4) is 0 Å². The van der Waals surface area contributed by atoms with Crippen LogP contribution in [0.2, 0.25) is 0 Å². The number of fused-ring (bicyclic) bond motifs is 3. The SMILES string of the molecule is CN1C2CCC1CC(NC(=O)c1n[nH]c3ccc(N4CCSCC4)cc13)C2.O=CO. The second-order valence-electron chi connectivity index (χ2n) is 8.20. The molecule has 1 amide bonds. The van der Waals surface area contributed by atoms with Crippen LogP contribution in [0.25, 0.3) is 10.9 Å². The zero-order valence-electron chi connectivity index (χ0n) is 17.2. The topological polar surface area (TPSA) is 102 Å². The van der Waals surface area contributed by atoms with E-state index in [0.29, 0.717) is 17.8 Å². The molecule has 8 nitrogen and oxygen atoms in total. The Labute approximate surface area is 180 Å². The molecule has 3 fully saturated rings. The summed E-state index contributed by atoms with van der Waals surface area (Å²) < 4.78 is 0. The maximum absolute atomic E-state index is 13.0. The van der Waals surface area contributed by atoms with Gasteiger partial charge < -0.3 is 20.2 Å². The Hall–Kier alpha value is -2.26. The molecule has 9 heteroatoms. The molecule has 162 valence electrons. The van der Waals surface area contributed by atoms with Crippen LogP contribution in [0.15, 0.2) is 18.2 Å². The van der Waals surface area contributed by atoms with E-state index < -0.39 is 0 Å². The summed E-state index contributed by atoms with van der Waals surface area (Å²) in [4.78, 5) is 26.2. The summed E-state index contributed by atoms with van der Waals surface area (Å²) >= 11 is 2.00. The summed E-state index contributed by atoms with van der Waals surface area (Å²) in [6.45, 7) is 1.88. The van der Waals surface area contributed by atoms with Crippen LogP contribution in [0.4, 0.5) is 5.69 Å². The Morgan fingerprint density at radius 3 is 2.60 bits per heavy atom. The van der Waals surface area contributed by atoms with Gasteiger partial charge in [-0.25, -0.2) is 0 Å². The van der Waals surface area contributed by atoms with Gasteiger partial charge in [0.1, 0.15) is 0 Å². The van der Waals surface area contributed by atoms with Crippen molar-refractivity contribution in [3.63, 3.8) is 0 Å². The fourth-order valence-corrected chi connectivity index (χ4v) is 5.88. The number of hydrogen-bond donors (Lipinski definition) is 3. The third kappa shape index (κ3) is 4.27. The van der Waals surface area contributed by atoms with E-state index in [0.717, 1.165) is 48.3 Å². The van der Waals surface area contributed by atoms with Crippen molar-refractivity contribution in [1.82, 2.24) is 20.4 Å². The number of H-pyrrole nitrogens is 1. The van der Waals surface area contributed by atoms with Crippen LogP contribution in [0.3, 0.4) is 0 Å². The lowest BCUT2D eigenvalue weighted by Gasteiger charge is -2.36. The zero-order valence-corrected chi connectivity index (χ0v) is 18.0. The van der Waals surface area contributed by atoms with Crippen LogP contribution in [-0.4, -0.2) is 82.4 Å². The van der Waals surface area contributed by atoms with E-state index in [4.69, 9.17) is 9.90 Å². The molecule has 1 aromatic heterocycles. The molecular weight excluding hydrogens is 402 g/mol. The van der Waals surface area contributed by atoms with Crippen molar-refractivity contribution in [1.29, 1.82) is 0 Å². The van der Waals surface area contributed by atoms with Gasteiger partial charge in [-0.2, -0.15) is 16.9 Å². The van der Waals surface area contributed by atoms with Crippen molar-refractivity contribution in [2.75, 3.05) is 36.5 Å². The molecular formula is C21H29N5O3S. The highest BCUT2D eigenvalue weighted by molar-refractivity contribution is 7.99. The van der Waals surface area contributed by atoms with Crippen LogP contribution in [-0.2, 0) is 4.79 Å². The van der Waals surface area contributed by atoms with Gasteiger partial charge in [0.05, 0.1) is 5.52 Å². The van der Waals surface area contributed by atoms with Gasteiger partial charge in [0.25, 0.3) is 12.4 Å². The standard InChI is InChI=1S/C20H27N5OS.CH2O2/c1-24-14-2-3-15(24)11-13(10-14)21-20(26)19-17-12-16(4-5-18(17)22-23-19)25-6-8-27-9-7-25;2-1-3/h4-5,12-15H,2-3,6-11H2,1H3,(H,21,26)(H,22,23);1H,(H,2,3). The number of nitrogens with zero attached hydrogens (tertiary/aromatic N) is 3. The summed E-state index contributed by atoms with van der Waals surface area (Å²) in [7, 11) is 2.22. The summed E-state index contributed by atoms with van der Waals surface area (Å²) in [5.41, 5.74) is 2.65. The lowest BCUT2D eigenvalue weighted by atomic mass is 9.98. The average molecular weight is 432 g/mol. The van der Waals surface area contributed by atoms with Gasteiger partial charge in [0, 0.05) is 53.8 Å². The number of carbonyl (C=O) groups excluding carboxylic acids is 1. The smallest absolute Gasteiger partial charge is 0.290 e. The molecule has 5 rings (SSSR count). The van der Waals surface area contributed by atoms with Crippen molar-refractivity contribution >= 4 is 40.7 Å². The summed E-state index contributed by atoms with van der Waals surface area (Å²) in [5.74, 6) is 2.28. The molecule has 0 aliphatic carbocycles. The van der Waals surface area contributed by atoms with Crippen molar-refractivity contribution in [3.05, 3.63) is 23.9 Å². The molecule has 2 aromatic rings. The predicted molar refractivity (Wildman–Crippen MR) is 119 cm³/mol. The Bertz CT molecular complexity index is 884. The number of amides is 1. The Morgan fingerprint density at radius 1 is 1.27 bits per heavy atom. The number of aromatic nitrogens is 2. The first-order valence-corrected chi connectivity index (χ1v) is 11.7. The molecule has 1 aromatic carbocycles. The highest BCUT2D eigenvalue weighted by Gasteiger charge is 2.39. The number of rotatable bonds is 3. The summed E-state index contributed by atoms with van der Waals surface area (Å²) in [6.07, 6.45) is 4.63. The number of benzene rings is 1. The van der Waals surface area contributed by atoms with Crippen molar-refractivity contribution in [2.24, 2.45) is 0 Å². The normalized spacial score (nSPS) is 26.2. The van der Waals surface area contributed by atoms with Crippen LogP contribution in [0.5, 0.6) is 0 Å². The first-order chi connectivity index (χ1) is 14.6. The molecule has 3 N–H and O–H groups in total. The molecule has 0 radical (unpaired) electrons. The Morgan fingerprint density at radius 2 is 1.93 bits per heavy atom. The number of thioether (sulfide) groups is 1. The van der Waals surface area contributed by atoms with E-state index in [1.54, 1.807) is 0 Å². The quantitative estimate of drug-likeness (QED) is 0.640.